The van der Waals surface area contributed by atoms with Gasteiger partial charge in [0.1, 0.15) is 0 Å². The number of carbonyl (C=O) groups is 1. The lowest BCUT2D eigenvalue weighted by Crippen LogP contribution is -2.43. The lowest BCUT2D eigenvalue weighted by molar-refractivity contribution is -0.120. The molecule has 1 aromatic carbocycles. The van der Waals surface area contributed by atoms with E-state index in [1.54, 1.807) is 0 Å². The third kappa shape index (κ3) is 3.97. The quantitative estimate of drug-likeness (QED) is 0.809. The summed E-state index contributed by atoms with van der Waals surface area (Å²) in [5.41, 5.74) is 13.3. The Labute approximate surface area is 121 Å². The van der Waals surface area contributed by atoms with Crippen LogP contribution < -0.4 is 11.5 Å². The summed E-state index contributed by atoms with van der Waals surface area (Å²) < 4.78 is 0. The van der Waals surface area contributed by atoms with Gasteiger partial charge in [0.25, 0.3) is 0 Å². The second-order valence-corrected chi connectivity index (χ2v) is 6.00. The van der Waals surface area contributed by atoms with Crippen LogP contribution in [0.2, 0.25) is 0 Å². The molecule has 20 heavy (non-hydrogen) atoms. The zero-order chi connectivity index (χ0) is 14.5. The Morgan fingerprint density at radius 2 is 2.10 bits per heavy atom. The van der Waals surface area contributed by atoms with E-state index in [0.717, 1.165) is 30.0 Å². The Hall–Kier alpha value is -1.55. The van der Waals surface area contributed by atoms with Crippen molar-refractivity contribution >= 4 is 11.6 Å². The zero-order valence-electron chi connectivity index (χ0n) is 12.2. The van der Waals surface area contributed by atoms with E-state index in [-0.39, 0.29) is 5.91 Å². The van der Waals surface area contributed by atoms with Crippen LogP contribution in [0.5, 0.6) is 0 Å². The van der Waals surface area contributed by atoms with E-state index in [1.807, 2.05) is 24.3 Å². The van der Waals surface area contributed by atoms with Crippen LogP contribution in [0.3, 0.4) is 0 Å². The van der Waals surface area contributed by atoms with Crippen molar-refractivity contribution in [3.05, 3.63) is 29.8 Å². The van der Waals surface area contributed by atoms with Crippen LogP contribution in [0.1, 0.15) is 38.2 Å². The third-order valence-corrected chi connectivity index (χ3v) is 4.21. The number of nitrogens with zero attached hydrogens (tertiary/aromatic N) is 1. The third-order valence-electron chi connectivity index (χ3n) is 4.21. The van der Waals surface area contributed by atoms with Gasteiger partial charge >= 0.3 is 0 Å². The summed E-state index contributed by atoms with van der Waals surface area (Å²) in [5, 5.41) is 0. The summed E-state index contributed by atoms with van der Waals surface area (Å²) in [6.45, 7) is 3.30. The molecule has 0 saturated heterocycles. The predicted molar refractivity (Wildman–Crippen MR) is 81.9 cm³/mol. The van der Waals surface area contributed by atoms with Gasteiger partial charge in [-0.05, 0) is 30.4 Å². The van der Waals surface area contributed by atoms with Gasteiger partial charge < -0.3 is 11.5 Å². The maximum atomic E-state index is 11.4. The minimum absolute atomic E-state index is 0.266. The van der Waals surface area contributed by atoms with Crippen molar-refractivity contribution < 1.29 is 4.79 Å². The minimum Gasteiger partial charge on any atom is -0.398 e. The highest BCUT2D eigenvalue weighted by atomic mass is 16.1. The molecular formula is C16H25N3O. The van der Waals surface area contributed by atoms with Gasteiger partial charge in [0, 0.05) is 18.3 Å². The number of hydrogen-bond donors (Lipinski definition) is 2. The molecule has 4 heteroatoms. The van der Waals surface area contributed by atoms with Gasteiger partial charge in [0.15, 0.2) is 0 Å². The van der Waals surface area contributed by atoms with Crippen molar-refractivity contribution in [2.24, 2.45) is 11.7 Å². The van der Waals surface area contributed by atoms with Crippen LogP contribution >= 0.6 is 0 Å². The van der Waals surface area contributed by atoms with E-state index < -0.39 is 0 Å². The Kier molecular flexibility index (Phi) is 5.01. The first-order valence-corrected chi connectivity index (χ1v) is 7.42. The van der Waals surface area contributed by atoms with Gasteiger partial charge in [-0.15, -0.1) is 0 Å². The number of rotatable bonds is 5. The van der Waals surface area contributed by atoms with Crippen molar-refractivity contribution in [1.82, 2.24) is 4.90 Å². The SMILES string of the molecule is CC1CCCC(N(CC(N)=O)Cc2ccccc2N)C1. The van der Waals surface area contributed by atoms with Crippen LogP contribution in [-0.4, -0.2) is 23.4 Å². The van der Waals surface area contributed by atoms with E-state index in [4.69, 9.17) is 11.5 Å². The number of hydrogen-bond acceptors (Lipinski definition) is 3. The van der Waals surface area contributed by atoms with Crippen LogP contribution in [0.4, 0.5) is 5.69 Å². The van der Waals surface area contributed by atoms with E-state index in [2.05, 4.69) is 11.8 Å². The summed E-state index contributed by atoms with van der Waals surface area (Å²) in [4.78, 5) is 13.6. The lowest BCUT2D eigenvalue weighted by Gasteiger charge is -2.36. The van der Waals surface area contributed by atoms with Crippen LogP contribution in [-0.2, 0) is 11.3 Å². The molecule has 2 rings (SSSR count). The van der Waals surface area contributed by atoms with Crippen molar-refractivity contribution in [2.75, 3.05) is 12.3 Å². The highest BCUT2D eigenvalue weighted by Crippen LogP contribution is 2.28. The monoisotopic (exact) mass is 275 g/mol. The highest BCUT2D eigenvalue weighted by Gasteiger charge is 2.26. The summed E-state index contributed by atoms with van der Waals surface area (Å²) in [6.07, 6.45) is 4.80. The van der Waals surface area contributed by atoms with Gasteiger partial charge in [-0.25, -0.2) is 0 Å². The molecule has 1 aromatic rings. The number of nitrogens with two attached hydrogens (primary N) is 2. The first-order chi connectivity index (χ1) is 9.56. The fourth-order valence-electron chi connectivity index (χ4n) is 3.15. The molecule has 1 aliphatic carbocycles. The van der Waals surface area contributed by atoms with Gasteiger partial charge in [0.2, 0.25) is 5.91 Å². The summed E-state index contributed by atoms with van der Waals surface area (Å²) in [5.74, 6) is 0.454. The molecule has 1 aliphatic rings. The molecule has 1 fully saturated rings. The zero-order valence-corrected chi connectivity index (χ0v) is 12.2. The second kappa shape index (κ2) is 6.75. The van der Waals surface area contributed by atoms with Gasteiger partial charge in [-0.2, -0.15) is 0 Å². The largest absolute Gasteiger partial charge is 0.398 e. The smallest absolute Gasteiger partial charge is 0.231 e. The molecule has 0 heterocycles. The number of amides is 1. The average Bonchev–Trinajstić information content (AvgIpc) is 2.40. The number of benzene rings is 1. The number of primary amides is 1. The molecule has 1 saturated carbocycles. The Bertz CT molecular complexity index is 461. The maximum Gasteiger partial charge on any atom is 0.231 e. The average molecular weight is 275 g/mol. The predicted octanol–water partition coefficient (Wildman–Crippen LogP) is 2.13. The molecule has 4 nitrogen and oxygen atoms in total. The molecule has 0 spiro atoms. The van der Waals surface area contributed by atoms with E-state index in [1.165, 1.54) is 12.8 Å². The standard InChI is InChI=1S/C16H25N3O/c1-12-5-4-7-14(9-12)19(11-16(18)20)10-13-6-2-3-8-15(13)17/h2-3,6,8,12,14H,4-5,7,9-11,17H2,1H3,(H2,18,20). The Morgan fingerprint density at radius 1 is 1.35 bits per heavy atom. The molecule has 0 aromatic heterocycles. The van der Waals surface area contributed by atoms with Crippen LogP contribution in [0.25, 0.3) is 0 Å². The molecule has 110 valence electrons. The molecule has 0 radical (unpaired) electrons. The van der Waals surface area contributed by atoms with E-state index >= 15 is 0 Å². The summed E-state index contributed by atoms with van der Waals surface area (Å²) in [7, 11) is 0. The fraction of sp³-hybridized carbons (Fsp3) is 0.562. The number of para-hydroxylation sites is 1. The number of anilines is 1. The maximum absolute atomic E-state index is 11.4. The molecule has 2 atom stereocenters. The first-order valence-electron chi connectivity index (χ1n) is 7.42. The van der Waals surface area contributed by atoms with Gasteiger partial charge in [-0.3, -0.25) is 9.69 Å². The first kappa shape index (κ1) is 14.9. The van der Waals surface area contributed by atoms with Crippen LogP contribution in [0, 0.1) is 5.92 Å². The highest BCUT2D eigenvalue weighted by molar-refractivity contribution is 5.76. The molecule has 0 bridgehead atoms. The fourth-order valence-corrected chi connectivity index (χ4v) is 3.15. The van der Waals surface area contributed by atoms with Crippen molar-refractivity contribution in [2.45, 2.75) is 45.2 Å². The number of carbonyl (C=O) groups excluding carboxylic acids is 1. The normalized spacial score (nSPS) is 22.9. The van der Waals surface area contributed by atoms with Crippen molar-refractivity contribution in [1.29, 1.82) is 0 Å². The van der Waals surface area contributed by atoms with E-state index in [9.17, 15) is 4.79 Å². The molecule has 2 unspecified atom stereocenters. The minimum atomic E-state index is -0.266. The molecule has 1 amide bonds. The van der Waals surface area contributed by atoms with Crippen molar-refractivity contribution in [3.63, 3.8) is 0 Å². The second-order valence-electron chi connectivity index (χ2n) is 6.00. The van der Waals surface area contributed by atoms with Gasteiger partial charge in [0.05, 0.1) is 6.54 Å². The van der Waals surface area contributed by atoms with Gasteiger partial charge in [-0.1, -0.05) is 38.0 Å². The molecule has 4 N–H and O–H groups in total. The number of nitrogen functional groups attached to an aromatic ring is 1. The molecular weight excluding hydrogens is 250 g/mol. The summed E-state index contributed by atoms with van der Waals surface area (Å²) in [6, 6.07) is 8.28. The Balaban J connectivity index is 2.11. The van der Waals surface area contributed by atoms with Crippen LogP contribution in [0.15, 0.2) is 24.3 Å². The molecule has 0 aliphatic heterocycles. The topological polar surface area (TPSA) is 72.3 Å². The van der Waals surface area contributed by atoms with Crippen molar-refractivity contribution in [3.8, 4) is 0 Å². The lowest BCUT2D eigenvalue weighted by atomic mass is 9.86. The van der Waals surface area contributed by atoms with E-state index in [0.29, 0.717) is 19.1 Å². The Morgan fingerprint density at radius 3 is 2.75 bits per heavy atom. The summed E-state index contributed by atoms with van der Waals surface area (Å²) >= 11 is 0.